The lowest BCUT2D eigenvalue weighted by Crippen LogP contribution is -2.23. The summed E-state index contributed by atoms with van der Waals surface area (Å²) in [5.41, 5.74) is 0.879. The van der Waals surface area contributed by atoms with Crippen LogP contribution in [0.4, 0.5) is 17.6 Å². The van der Waals surface area contributed by atoms with Crippen molar-refractivity contribution in [1.29, 1.82) is 0 Å². The molecule has 23 heavy (non-hydrogen) atoms. The van der Waals surface area contributed by atoms with E-state index in [1.165, 1.54) is 36.4 Å². The van der Waals surface area contributed by atoms with Gasteiger partial charge in [0.15, 0.2) is 6.61 Å². The van der Waals surface area contributed by atoms with Crippen LogP contribution in [0.15, 0.2) is 42.6 Å². The zero-order chi connectivity index (χ0) is 16.9. The van der Waals surface area contributed by atoms with E-state index in [-0.39, 0.29) is 23.8 Å². The molecule has 4 nitrogen and oxygen atoms in total. The second-order valence-electron chi connectivity index (χ2n) is 4.60. The van der Waals surface area contributed by atoms with Crippen LogP contribution >= 0.6 is 0 Å². The molecule has 2 rings (SSSR count). The van der Waals surface area contributed by atoms with Gasteiger partial charge in [-0.15, -0.1) is 0 Å². The molecule has 0 aliphatic carbocycles. The third-order valence-electron chi connectivity index (χ3n) is 2.75. The van der Waals surface area contributed by atoms with E-state index in [2.05, 4.69) is 15.0 Å². The normalized spacial score (nSPS) is 11.1. The number of nitrogens with one attached hydrogen (secondary N) is 1. The van der Waals surface area contributed by atoms with Crippen molar-refractivity contribution in [2.24, 2.45) is 0 Å². The van der Waals surface area contributed by atoms with E-state index >= 15 is 0 Å². The number of amides is 1. The molecule has 0 saturated carbocycles. The summed E-state index contributed by atoms with van der Waals surface area (Å²) in [7, 11) is 0. The van der Waals surface area contributed by atoms with Gasteiger partial charge in [-0.25, -0.2) is 9.37 Å². The second kappa shape index (κ2) is 7.08. The fourth-order valence-electron chi connectivity index (χ4n) is 1.64. The monoisotopic (exact) mass is 328 g/mol. The molecule has 1 N–H and O–H groups in total. The highest BCUT2D eigenvalue weighted by atomic mass is 19.4. The Hall–Kier alpha value is -2.64. The van der Waals surface area contributed by atoms with Crippen LogP contribution in [0.3, 0.4) is 0 Å². The van der Waals surface area contributed by atoms with E-state index in [1.807, 2.05) is 0 Å². The number of carbonyl (C=O) groups excluding carboxylic acids is 1. The smallest absolute Gasteiger partial charge is 0.422 e. The largest absolute Gasteiger partial charge is 0.468 e. The van der Waals surface area contributed by atoms with Crippen LogP contribution in [-0.4, -0.2) is 23.7 Å². The molecule has 0 radical (unpaired) electrons. The minimum atomic E-state index is -4.45. The van der Waals surface area contributed by atoms with E-state index < -0.39 is 18.7 Å². The number of carbonyl (C=O) groups is 1. The first-order chi connectivity index (χ1) is 10.8. The number of alkyl halides is 3. The van der Waals surface area contributed by atoms with Crippen LogP contribution in [0, 0.1) is 5.82 Å². The first-order valence-electron chi connectivity index (χ1n) is 6.52. The maximum Gasteiger partial charge on any atom is 0.422 e. The Morgan fingerprint density at radius 2 is 1.83 bits per heavy atom. The lowest BCUT2D eigenvalue weighted by molar-refractivity contribution is -0.154. The molecule has 1 aromatic heterocycles. The minimum absolute atomic E-state index is 0.173. The third-order valence-corrected chi connectivity index (χ3v) is 2.75. The number of aromatic nitrogens is 1. The molecule has 0 unspecified atom stereocenters. The lowest BCUT2D eigenvalue weighted by Gasteiger charge is -2.09. The number of rotatable bonds is 5. The highest BCUT2D eigenvalue weighted by Crippen LogP contribution is 2.17. The summed E-state index contributed by atoms with van der Waals surface area (Å²) in [5, 5.41) is 2.59. The first kappa shape index (κ1) is 16.7. The van der Waals surface area contributed by atoms with Crippen molar-refractivity contribution in [3.05, 3.63) is 59.5 Å². The maximum absolute atomic E-state index is 12.7. The second-order valence-corrected chi connectivity index (χ2v) is 4.60. The van der Waals surface area contributed by atoms with Crippen molar-refractivity contribution in [3.63, 3.8) is 0 Å². The SMILES string of the molecule is O=C(NCc1ccc(F)cc1)c1ccc(OCC(F)(F)F)nc1. The van der Waals surface area contributed by atoms with Crippen LogP contribution < -0.4 is 10.1 Å². The Morgan fingerprint density at radius 1 is 1.13 bits per heavy atom. The van der Waals surface area contributed by atoms with Crippen molar-refractivity contribution in [2.45, 2.75) is 12.7 Å². The Balaban J connectivity index is 1.88. The van der Waals surface area contributed by atoms with Crippen LogP contribution in [0.2, 0.25) is 0 Å². The van der Waals surface area contributed by atoms with Gasteiger partial charge in [-0.05, 0) is 23.8 Å². The summed E-state index contributed by atoms with van der Waals surface area (Å²) < 4.78 is 53.2. The molecule has 0 bridgehead atoms. The fraction of sp³-hybridized carbons (Fsp3) is 0.200. The molecular weight excluding hydrogens is 316 g/mol. The number of pyridine rings is 1. The van der Waals surface area contributed by atoms with Gasteiger partial charge in [0.05, 0.1) is 5.56 Å². The highest BCUT2D eigenvalue weighted by molar-refractivity contribution is 5.93. The zero-order valence-corrected chi connectivity index (χ0v) is 11.7. The van der Waals surface area contributed by atoms with Gasteiger partial charge in [-0.3, -0.25) is 4.79 Å². The molecule has 0 aliphatic rings. The van der Waals surface area contributed by atoms with Crippen molar-refractivity contribution < 1.29 is 27.1 Å². The molecular formula is C15H12F4N2O2. The summed E-state index contributed by atoms with van der Waals surface area (Å²) in [4.78, 5) is 15.5. The topological polar surface area (TPSA) is 51.2 Å². The number of benzene rings is 1. The average Bonchev–Trinajstić information content (AvgIpc) is 2.52. The zero-order valence-electron chi connectivity index (χ0n) is 11.7. The van der Waals surface area contributed by atoms with Crippen molar-refractivity contribution in [2.75, 3.05) is 6.61 Å². The van der Waals surface area contributed by atoms with Crippen LogP contribution in [0.1, 0.15) is 15.9 Å². The molecule has 8 heteroatoms. The van der Waals surface area contributed by atoms with Crippen LogP contribution in [-0.2, 0) is 6.54 Å². The molecule has 0 saturated heterocycles. The highest BCUT2D eigenvalue weighted by Gasteiger charge is 2.28. The summed E-state index contributed by atoms with van der Waals surface area (Å²) in [6, 6.07) is 8.09. The number of ether oxygens (including phenoxy) is 1. The Morgan fingerprint density at radius 3 is 2.39 bits per heavy atom. The van der Waals surface area contributed by atoms with Gasteiger partial charge in [0.2, 0.25) is 5.88 Å². The van der Waals surface area contributed by atoms with Gasteiger partial charge in [-0.1, -0.05) is 12.1 Å². The third kappa shape index (κ3) is 5.57. The number of hydrogen-bond acceptors (Lipinski definition) is 3. The predicted octanol–water partition coefficient (Wildman–Crippen LogP) is 3.09. The number of nitrogens with zero attached hydrogens (tertiary/aromatic N) is 1. The summed E-state index contributed by atoms with van der Waals surface area (Å²) >= 11 is 0. The molecule has 0 atom stereocenters. The molecule has 122 valence electrons. The Kier molecular flexibility index (Phi) is 5.15. The summed E-state index contributed by atoms with van der Waals surface area (Å²) in [6.07, 6.45) is -3.33. The van der Waals surface area contributed by atoms with Crippen LogP contribution in [0.5, 0.6) is 5.88 Å². The Labute approximate surface area is 129 Å². The van der Waals surface area contributed by atoms with E-state index in [0.29, 0.717) is 5.56 Å². The summed E-state index contributed by atoms with van der Waals surface area (Å²) in [6.45, 7) is -1.26. The van der Waals surface area contributed by atoms with Crippen molar-refractivity contribution >= 4 is 5.91 Å². The lowest BCUT2D eigenvalue weighted by atomic mass is 10.2. The molecule has 0 spiro atoms. The van der Waals surface area contributed by atoms with E-state index in [9.17, 15) is 22.4 Å². The van der Waals surface area contributed by atoms with E-state index in [4.69, 9.17) is 0 Å². The Bertz CT molecular complexity index is 655. The van der Waals surface area contributed by atoms with Gasteiger partial charge in [0.25, 0.3) is 5.91 Å². The molecule has 0 aliphatic heterocycles. The molecule has 1 aromatic carbocycles. The van der Waals surface area contributed by atoms with Gasteiger partial charge in [-0.2, -0.15) is 13.2 Å². The summed E-state index contributed by atoms with van der Waals surface area (Å²) in [5.74, 6) is -1.06. The minimum Gasteiger partial charge on any atom is -0.468 e. The molecule has 2 aromatic rings. The standard InChI is InChI=1S/C15H12F4N2O2/c16-12-4-1-10(2-5-12)7-21-14(22)11-3-6-13(20-8-11)23-9-15(17,18)19/h1-6,8H,7,9H2,(H,21,22). The van der Waals surface area contributed by atoms with Crippen molar-refractivity contribution in [3.8, 4) is 5.88 Å². The average molecular weight is 328 g/mol. The van der Waals surface area contributed by atoms with Crippen molar-refractivity contribution in [1.82, 2.24) is 10.3 Å². The van der Waals surface area contributed by atoms with Gasteiger partial charge < -0.3 is 10.1 Å². The van der Waals surface area contributed by atoms with E-state index in [0.717, 1.165) is 6.20 Å². The molecule has 0 fully saturated rings. The van der Waals surface area contributed by atoms with Crippen LogP contribution in [0.25, 0.3) is 0 Å². The van der Waals surface area contributed by atoms with Gasteiger partial charge in [0, 0.05) is 18.8 Å². The van der Waals surface area contributed by atoms with Gasteiger partial charge >= 0.3 is 6.18 Å². The van der Waals surface area contributed by atoms with E-state index in [1.54, 1.807) is 0 Å². The fourth-order valence-corrected chi connectivity index (χ4v) is 1.64. The molecule has 1 amide bonds. The van der Waals surface area contributed by atoms with Gasteiger partial charge in [0.1, 0.15) is 5.82 Å². The number of halogens is 4. The first-order valence-corrected chi connectivity index (χ1v) is 6.52. The number of hydrogen-bond donors (Lipinski definition) is 1. The maximum atomic E-state index is 12.7. The quantitative estimate of drug-likeness (QED) is 0.858. The predicted molar refractivity (Wildman–Crippen MR) is 73.4 cm³/mol. The molecule has 1 heterocycles.